The van der Waals surface area contributed by atoms with E-state index in [-0.39, 0.29) is 72.1 Å². The molecule has 16 rings (SSSR count). The van der Waals surface area contributed by atoms with Gasteiger partial charge in [-0.25, -0.2) is 19.9 Å². The number of aromatic nitrogens is 16. The molecule has 0 aliphatic carbocycles. The van der Waals surface area contributed by atoms with Gasteiger partial charge in [-0.05, 0) is 52.0 Å². The zero-order valence-electron chi connectivity index (χ0n) is 69.5. The Morgan fingerprint density at radius 3 is 1.03 bits per heavy atom. The Bertz CT molecular complexity index is 5270. The SMILES string of the molecule is CCOC(=O)CBr.CCOC(=O)CN1CCN(c2cncc(-c3ccc4cnn(C)c4c3)n2)CC1.C[C@H](O)CN.C[C@H](O)CNC(=O)CN1CCN(c2cncc(-c3ccc4cnn(C)c4c3)n2)CC1.Cn1ncc2ccc(-c3cncc(N4CCN(CC(=O)O)CC4)n3)cc21.Cn1ncc2ccc(-c3cncc(N4CCNCC4)n3)cc21.[Na+].[OH-]. The molecule has 4 fully saturated rings. The first-order valence-electron chi connectivity index (χ1n) is 39.4. The number of esters is 2. The van der Waals surface area contributed by atoms with Gasteiger partial charge in [0.25, 0.3) is 0 Å². The number of fused-ring (bicyclic) bond motifs is 4. The van der Waals surface area contributed by atoms with Gasteiger partial charge < -0.3 is 66.2 Å². The summed E-state index contributed by atoms with van der Waals surface area (Å²) >= 11 is 2.94. The van der Waals surface area contributed by atoms with Gasteiger partial charge in [0.05, 0.1) is 164 Å². The first kappa shape index (κ1) is 93.2. The average molecular weight is 1720 g/mol. The van der Waals surface area contributed by atoms with Crippen LogP contribution in [0.2, 0.25) is 0 Å². The fraction of sp³-hybridized carbons (Fsp3) is 0.415. The van der Waals surface area contributed by atoms with E-state index >= 15 is 0 Å². The zero-order chi connectivity index (χ0) is 83.6. The van der Waals surface area contributed by atoms with E-state index in [0.29, 0.717) is 51.3 Å². The number of carboxylic acid groups (broad SMARTS) is 1. The van der Waals surface area contributed by atoms with E-state index in [2.05, 4.69) is 150 Å². The Morgan fingerprint density at radius 1 is 0.450 bits per heavy atom. The van der Waals surface area contributed by atoms with Gasteiger partial charge in [-0.2, -0.15) is 20.4 Å². The molecule has 4 aliphatic rings. The van der Waals surface area contributed by atoms with Crippen molar-refractivity contribution in [1.82, 2.24) is 104 Å². The van der Waals surface area contributed by atoms with Crippen molar-refractivity contribution in [3.8, 4) is 45.0 Å². The van der Waals surface area contributed by atoms with Gasteiger partial charge >= 0.3 is 47.5 Å². The number of carbonyl (C=O) groups excluding carboxylic acids is 3. The third-order valence-corrected chi connectivity index (χ3v) is 20.4. The molecule has 8 aromatic heterocycles. The number of amides is 1. The standard InChI is InChI=1S/C21H27N7O2.C20H24N6O2.C18H20N6O2.C16H18N6.C4H7BrO2.C3H9NO.Na.H2O/c1-15(29)10-23-21(30)14-27-5-7-28(8-6-27)20-13-22-12-18(25-20)16-3-4-17-11-24-26(2)19(17)9-16;1-3-28-20(27)14-25-6-8-26(9-7-25)19-13-21-12-17(23-19)15-4-5-16-11-22-24(2)18(16)10-15;1-22-16-8-13(2-3-14(16)9-20-22)15-10-19-11-17(21-15)24-6-4-23(5-7-24)12-18(25)26;1-21-15-8-12(2-3-13(15)9-19-21)14-10-18-11-16(20-14)22-6-4-17-5-7-22;1-2-7-4(6)3-5;1-3(5)2-4;;/h3-4,9,11-13,15,29H,5-8,10,14H2,1-2H3,(H,23,30);4-5,10-13H,3,6-9,14H2,1-2H3;2-3,8-11H,4-7,12H2,1H3,(H,25,26);2-3,8-11,17H,4-7H2,1H3;2-3H2,1H3;3,5H,2,4H2,1H3;;1H2/q;;;;;;+1;/p-1/t15-;;;;;3-;;/m0....0../s1. The normalized spacial score (nSPS) is 14.8. The van der Waals surface area contributed by atoms with Gasteiger partial charge in [0, 0.05) is 190 Å². The Morgan fingerprint density at radius 2 is 0.750 bits per heavy atom. The van der Waals surface area contributed by atoms with Crippen LogP contribution in [0, 0.1) is 0 Å². The third-order valence-electron chi connectivity index (χ3n) is 19.9. The molecule has 120 heavy (non-hydrogen) atoms. The molecule has 632 valence electrons. The van der Waals surface area contributed by atoms with Gasteiger partial charge in [-0.3, -0.25) is 72.5 Å². The molecule has 1 amide bonds. The van der Waals surface area contributed by atoms with Crippen LogP contribution < -0.4 is 65.5 Å². The maximum Gasteiger partial charge on any atom is 1.00 e. The van der Waals surface area contributed by atoms with Crippen molar-refractivity contribution >= 4 is 107 Å². The van der Waals surface area contributed by atoms with Gasteiger partial charge in [0.2, 0.25) is 5.91 Å². The monoisotopic (exact) mass is 1720 g/mol. The predicted octanol–water partition coefficient (Wildman–Crippen LogP) is 2.14. The summed E-state index contributed by atoms with van der Waals surface area (Å²) in [6.07, 6.45) is 20.9. The fourth-order valence-electron chi connectivity index (χ4n) is 13.4. The van der Waals surface area contributed by atoms with E-state index in [4.69, 9.17) is 40.6 Å². The molecule has 12 aromatic rings. The Hall–Kier alpha value is -10.7. The largest absolute Gasteiger partial charge is 1.00 e. The summed E-state index contributed by atoms with van der Waals surface area (Å²) in [6.45, 7) is 22.4. The fourth-order valence-corrected chi connectivity index (χ4v) is 13.6. The smallest absolute Gasteiger partial charge is 0.870 e. The summed E-state index contributed by atoms with van der Waals surface area (Å²) in [5, 5.41) is 54.4. The van der Waals surface area contributed by atoms with Crippen LogP contribution in [-0.2, 0) is 56.8 Å². The van der Waals surface area contributed by atoms with Gasteiger partial charge in [0.1, 0.15) is 28.6 Å². The third kappa shape index (κ3) is 26.4. The number of carbonyl (C=O) groups is 4. The van der Waals surface area contributed by atoms with Crippen LogP contribution in [-0.4, -0.2) is 306 Å². The molecule has 2 atom stereocenters. The number of nitrogens with zero attached hydrogens (tertiary/aromatic N) is 23. The van der Waals surface area contributed by atoms with Crippen molar-refractivity contribution in [1.29, 1.82) is 0 Å². The number of ether oxygens (including phenoxy) is 2. The number of anilines is 4. The summed E-state index contributed by atoms with van der Waals surface area (Å²) in [4.78, 5) is 96.4. The predicted molar refractivity (Wildman–Crippen MR) is 460 cm³/mol. The number of hydrogen-bond donors (Lipinski definition) is 6. The zero-order valence-corrected chi connectivity index (χ0v) is 73.0. The molecule has 0 saturated carbocycles. The van der Waals surface area contributed by atoms with Gasteiger partial charge in [-0.1, -0.05) is 64.5 Å². The van der Waals surface area contributed by atoms with Crippen LogP contribution in [0.15, 0.2) is 147 Å². The Balaban J connectivity index is 0.000000173. The number of aliphatic hydroxyl groups is 2. The molecule has 4 aromatic carbocycles. The van der Waals surface area contributed by atoms with Crippen LogP contribution in [0.4, 0.5) is 23.3 Å². The summed E-state index contributed by atoms with van der Waals surface area (Å²) in [6, 6.07) is 24.8. The number of rotatable bonds is 20. The average Bonchev–Trinajstić information content (AvgIpc) is 1.45. The second-order valence-electron chi connectivity index (χ2n) is 28.6. The first-order chi connectivity index (χ1) is 57.1. The van der Waals surface area contributed by atoms with E-state index in [1.165, 1.54) is 0 Å². The van der Waals surface area contributed by atoms with Crippen molar-refractivity contribution in [2.45, 2.75) is 39.9 Å². The number of aliphatic hydroxyl groups excluding tert-OH is 2. The second-order valence-corrected chi connectivity index (χ2v) is 29.2. The summed E-state index contributed by atoms with van der Waals surface area (Å²) in [7, 11) is 7.74. The molecular formula is C82H106BrN26NaO10. The van der Waals surface area contributed by atoms with Crippen LogP contribution in [0.25, 0.3) is 88.6 Å². The van der Waals surface area contributed by atoms with Crippen LogP contribution in [0.3, 0.4) is 0 Å². The van der Waals surface area contributed by atoms with E-state index in [0.717, 1.165) is 204 Å². The quantitative estimate of drug-likeness (QED) is 0.0361. The number of aryl methyl sites for hydroxylation is 4. The molecule has 0 unspecified atom stereocenters. The van der Waals surface area contributed by atoms with E-state index in [9.17, 15) is 24.3 Å². The van der Waals surface area contributed by atoms with Gasteiger partial charge in [-0.15, -0.1) is 0 Å². The van der Waals surface area contributed by atoms with E-state index in [1.807, 2.05) is 120 Å². The number of piperazine rings is 4. The van der Waals surface area contributed by atoms with Crippen molar-refractivity contribution < 1.29 is 79.0 Å². The van der Waals surface area contributed by atoms with Crippen molar-refractivity contribution in [3.63, 3.8) is 0 Å². The molecule has 36 nitrogen and oxygen atoms in total. The molecule has 0 radical (unpaired) electrons. The molecule has 8 N–H and O–H groups in total. The number of halogens is 1. The molecular weight excluding hydrogens is 1610 g/mol. The molecule has 38 heteroatoms. The number of benzene rings is 4. The Kier molecular flexibility index (Phi) is 35.9. The number of hydrogen-bond acceptors (Lipinski definition) is 30. The van der Waals surface area contributed by atoms with Crippen molar-refractivity contribution in [3.05, 3.63) is 147 Å². The summed E-state index contributed by atoms with van der Waals surface area (Å²) in [5.74, 6) is 2.26. The van der Waals surface area contributed by atoms with E-state index < -0.39 is 12.1 Å². The topological polar surface area (TPSA) is 425 Å². The summed E-state index contributed by atoms with van der Waals surface area (Å²) in [5.41, 5.74) is 16.7. The number of nitrogens with two attached hydrogens (primary N) is 1. The number of nitrogens with one attached hydrogen (secondary N) is 2. The van der Waals surface area contributed by atoms with Crippen molar-refractivity contribution in [2.24, 2.45) is 33.9 Å². The number of alkyl halides is 1. The van der Waals surface area contributed by atoms with Crippen molar-refractivity contribution in [2.75, 3.05) is 176 Å². The minimum Gasteiger partial charge on any atom is -0.870 e. The van der Waals surface area contributed by atoms with Crippen LogP contribution >= 0.6 is 15.9 Å². The second kappa shape index (κ2) is 46.2. The molecule has 0 spiro atoms. The molecule has 0 bridgehead atoms. The first-order valence-corrected chi connectivity index (χ1v) is 40.5. The van der Waals surface area contributed by atoms with E-state index in [1.54, 1.807) is 58.0 Å². The van der Waals surface area contributed by atoms with Crippen LogP contribution in [0.1, 0.15) is 27.7 Å². The molecule has 4 aliphatic heterocycles. The summed E-state index contributed by atoms with van der Waals surface area (Å²) < 4.78 is 17.0. The number of aliphatic carboxylic acids is 1. The number of carboxylic acids is 1. The molecule has 12 heterocycles. The Labute approximate surface area is 726 Å². The minimum absolute atomic E-state index is 0. The molecule has 4 saturated heterocycles. The van der Waals surface area contributed by atoms with Gasteiger partial charge in [0.15, 0.2) is 0 Å². The minimum atomic E-state index is -0.786. The van der Waals surface area contributed by atoms with Crippen LogP contribution in [0.5, 0.6) is 0 Å². The maximum atomic E-state index is 12.0. The maximum absolute atomic E-state index is 12.0.